The maximum Gasteiger partial charge on any atom is 0.273 e. The highest BCUT2D eigenvalue weighted by molar-refractivity contribution is 9.10. The van der Waals surface area contributed by atoms with Gasteiger partial charge in [-0.05, 0) is 55.5 Å². The van der Waals surface area contributed by atoms with Gasteiger partial charge in [0.25, 0.3) is 5.91 Å². The summed E-state index contributed by atoms with van der Waals surface area (Å²) in [6, 6.07) is 14.9. The second-order valence-corrected chi connectivity index (χ2v) is 10.5. The maximum absolute atomic E-state index is 15.2. The fourth-order valence-electron chi connectivity index (χ4n) is 5.16. The van der Waals surface area contributed by atoms with Crippen molar-refractivity contribution in [3.05, 3.63) is 94.0 Å². The molecule has 2 aromatic heterocycles. The number of halogens is 2. The van der Waals surface area contributed by atoms with Crippen LogP contribution in [0, 0.1) is 5.82 Å². The molecule has 6 rings (SSSR count). The fourth-order valence-corrected chi connectivity index (χ4v) is 5.57. The Balaban J connectivity index is 1.42. The molecular formula is C29H26BrFN4O2. The topological polar surface area (TPSA) is 59.7 Å². The van der Waals surface area contributed by atoms with Crippen LogP contribution in [0.3, 0.4) is 0 Å². The fraction of sp³-hybridized carbons (Fsp3) is 0.276. The quantitative estimate of drug-likeness (QED) is 0.252. The van der Waals surface area contributed by atoms with E-state index in [4.69, 9.17) is 14.8 Å². The SMILES string of the molecule is C=CCOc1cc(Br)cc(F)c1-c1cc2nc(C(=O)N3CCc4ccccc4C3C)cc(C3CC3)n2n1. The second-order valence-electron chi connectivity index (χ2n) is 9.62. The summed E-state index contributed by atoms with van der Waals surface area (Å²) in [5, 5.41) is 4.73. The first kappa shape index (κ1) is 23.9. The summed E-state index contributed by atoms with van der Waals surface area (Å²) in [6.07, 6.45) is 4.47. The van der Waals surface area contributed by atoms with Crippen molar-refractivity contribution < 1.29 is 13.9 Å². The third-order valence-electron chi connectivity index (χ3n) is 7.16. The zero-order valence-corrected chi connectivity index (χ0v) is 22.0. The molecule has 1 fully saturated rings. The van der Waals surface area contributed by atoms with Crippen LogP contribution in [0.2, 0.25) is 0 Å². The number of amides is 1. The van der Waals surface area contributed by atoms with Crippen LogP contribution in [0.25, 0.3) is 16.9 Å². The van der Waals surface area contributed by atoms with Crippen LogP contribution >= 0.6 is 15.9 Å². The van der Waals surface area contributed by atoms with Gasteiger partial charge in [-0.25, -0.2) is 13.9 Å². The molecule has 4 aromatic rings. The molecule has 188 valence electrons. The number of aromatic nitrogens is 3. The summed E-state index contributed by atoms with van der Waals surface area (Å²) in [5.41, 5.74) is 4.96. The first-order valence-corrected chi connectivity index (χ1v) is 13.3. The third-order valence-corrected chi connectivity index (χ3v) is 7.61. The summed E-state index contributed by atoms with van der Waals surface area (Å²) in [6.45, 7) is 6.62. The zero-order chi connectivity index (χ0) is 25.7. The van der Waals surface area contributed by atoms with Crippen molar-refractivity contribution in [1.29, 1.82) is 0 Å². The van der Waals surface area contributed by atoms with Crippen LogP contribution in [-0.4, -0.2) is 38.6 Å². The molecular weight excluding hydrogens is 535 g/mol. The van der Waals surface area contributed by atoms with Crippen LogP contribution < -0.4 is 4.74 Å². The molecule has 37 heavy (non-hydrogen) atoms. The minimum absolute atomic E-state index is 0.0400. The van der Waals surface area contributed by atoms with E-state index in [0.717, 1.165) is 25.0 Å². The molecule has 0 N–H and O–H groups in total. The molecule has 0 spiro atoms. The lowest BCUT2D eigenvalue weighted by atomic mass is 9.93. The van der Waals surface area contributed by atoms with Crippen LogP contribution in [0.1, 0.15) is 59.0 Å². The number of hydrogen-bond donors (Lipinski definition) is 0. The van der Waals surface area contributed by atoms with E-state index in [-0.39, 0.29) is 24.1 Å². The molecule has 1 aliphatic heterocycles. The summed E-state index contributed by atoms with van der Waals surface area (Å²) in [5.74, 6) is 0.108. The first-order valence-electron chi connectivity index (χ1n) is 12.5. The van der Waals surface area contributed by atoms with E-state index in [0.29, 0.717) is 39.7 Å². The lowest BCUT2D eigenvalue weighted by Gasteiger charge is -2.35. The van der Waals surface area contributed by atoms with Gasteiger partial charge >= 0.3 is 0 Å². The van der Waals surface area contributed by atoms with Crippen LogP contribution in [0.5, 0.6) is 5.75 Å². The highest BCUT2D eigenvalue weighted by Gasteiger charge is 2.33. The van der Waals surface area contributed by atoms with Gasteiger partial charge in [0.2, 0.25) is 0 Å². The average Bonchev–Trinajstić information content (AvgIpc) is 3.65. The van der Waals surface area contributed by atoms with Gasteiger partial charge < -0.3 is 9.64 Å². The van der Waals surface area contributed by atoms with Gasteiger partial charge in [0, 0.05) is 28.7 Å². The Kier molecular flexibility index (Phi) is 6.07. The average molecular weight is 561 g/mol. The number of hydrogen-bond acceptors (Lipinski definition) is 4. The molecule has 6 nitrogen and oxygen atoms in total. The monoisotopic (exact) mass is 560 g/mol. The number of ether oxygens (including phenoxy) is 1. The van der Waals surface area contributed by atoms with Crippen molar-refractivity contribution in [2.45, 2.75) is 38.1 Å². The van der Waals surface area contributed by atoms with Crippen LogP contribution in [0.15, 0.2) is 65.7 Å². The van der Waals surface area contributed by atoms with Crippen molar-refractivity contribution in [1.82, 2.24) is 19.5 Å². The van der Waals surface area contributed by atoms with E-state index in [2.05, 4.69) is 41.6 Å². The lowest BCUT2D eigenvalue weighted by Crippen LogP contribution is -2.39. The first-order chi connectivity index (χ1) is 17.9. The van der Waals surface area contributed by atoms with Gasteiger partial charge in [-0.15, -0.1) is 0 Å². The number of carbonyl (C=O) groups is 1. The summed E-state index contributed by atoms with van der Waals surface area (Å²) < 4.78 is 23.2. The number of rotatable bonds is 6. The Morgan fingerprint density at radius 1 is 1.24 bits per heavy atom. The van der Waals surface area contributed by atoms with Crippen molar-refractivity contribution in [3.8, 4) is 17.0 Å². The maximum atomic E-state index is 15.2. The normalized spacial score (nSPS) is 17.1. The summed E-state index contributed by atoms with van der Waals surface area (Å²) in [4.78, 5) is 20.3. The van der Waals surface area contributed by atoms with E-state index in [1.54, 1.807) is 22.7 Å². The van der Waals surface area contributed by atoms with Gasteiger partial charge in [0.05, 0.1) is 11.6 Å². The Morgan fingerprint density at radius 3 is 2.84 bits per heavy atom. The van der Waals surface area contributed by atoms with E-state index in [9.17, 15) is 4.79 Å². The molecule has 8 heteroatoms. The van der Waals surface area contributed by atoms with Gasteiger partial charge in [-0.1, -0.05) is 52.9 Å². The van der Waals surface area contributed by atoms with Gasteiger partial charge in [-0.2, -0.15) is 5.10 Å². The number of carbonyl (C=O) groups excluding carboxylic acids is 1. The largest absolute Gasteiger partial charge is 0.489 e. The molecule has 2 aromatic carbocycles. The molecule has 3 heterocycles. The number of benzene rings is 2. The molecule has 1 aliphatic carbocycles. The lowest BCUT2D eigenvalue weighted by molar-refractivity contribution is 0.0671. The Labute approximate surface area is 222 Å². The van der Waals surface area contributed by atoms with E-state index < -0.39 is 5.82 Å². The van der Waals surface area contributed by atoms with Gasteiger partial charge in [-0.3, -0.25) is 4.79 Å². The van der Waals surface area contributed by atoms with Gasteiger partial charge in [0.15, 0.2) is 5.65 Å². The Bertz CT molecular complexity index is 1540. The van der Waals surface area contributed by atoms with Crippen LogP contribution in [0.4, 0.5) is 4.39 Å². The van der Waals surface area contributed by atoms with Crippen molar-refractivity contribution >= 4 is 27.5 Å². The Hall–Kier alpha value is -3.52. The minimum atomic E-state index is -0.457. The highest BCUT2D eigenvalue weighted by atomic mass is 79.9. The predicted molar refractivity (Wildman–Crippen MR) is 143 cm³/mol. The standard InChI is InChI=1S/C29H26BrFN4O2/c1-3-12-37-26-14-20(30)13-22(31)28(26)23-16-27-32-24(15-25(19-8-9-19)35(27)33-23)29(36)34-11-10-18-6-4-5-7-21(18)17(34)2/h3-7,13-17,19H,1,8-12H2,2H3. The van der Waals surface area contributed by atoms with Crippen molar-refractivity contribution in [2.75, 3.05) is 13.2 Å². The second kappa shape index (κ2) is 9.41. The van der Waals surface area contributed by atoms with Crippen molar-refractivity contribution in [3.63, 3.8) is 0 Å². The summed E-state index contributed by atoms with van der Waals surface area (Å²) >= 11 is 3.34. The van der Waals surface area contributed by atoms with Gasteiger partial charge in [0.1, 0.15) is 29.6 Å². The number of nitrogens with zero attached hydrogens (tertiary/aromatic N) is 4. The molecule has 0 radical (unpaired) electrons. The molecule has 0 bridgehead atoms. The van der Waals surface area contributed by atoms with Crippen LogP contribution in [-0.2, 0) is 6.42 Å². The molecule has 1 unspecified atom stereocenters. The smallest absolute Gasteiger partial charge is 0.273 e. The highest BCUT2D eigenvalue weighted by Crippen LogP contribution is 2.42. The molecule has 1 amide bonds. The van der Waals surface area contributed by atoms with Crippen molar-refractivity contribution in [2.24, 2.45) is 0 Å². The van der Waals surface area contributed by atoms with E-state index in [1.807, 2.05) is 23.1 Å². The minimum Gasteiger partial charge on any atom is -0.489 e. The third kappa shape index (κ3) is 4.33. The molecule has 1 saturated carbocycles. The molecule has 2 aliphatic rings. The summed E-state index contributed by atoms with van der Waals surface area (Å²) in [7, 11) is 0. The molecule has 1 atom stereocenters. The predicted octanol–water partition coefficient (Wildman–Crippen LogP) is 6.50. The van der Waals surface area contributed by atoms with E-state index >= 15 is 4.39 Å². The molecule has 0 saturated heterocycles. The Morgan fingerprint density at radius 2 is 2.05 bits per heavy atom. The number of fused-ring (bicyclic) bond motifs is 2. The van der Waals surface area contributed by atoms with E-state index in [1.165, 1.54) is 17.2 Å². The zero-order valence-electron chi connectivity index (χ0n) is 20.5.